The summed E-state index contributed by atoms with van der Waals surface area (Å²) in [5.74, 6) is 0.163. The molecular weight excluding hydrogens is 336 g/mol. The number of nitrogens with zero attached hydrogens (tertiary/aromatic N) is 1. The van der Waals surface area contributed by atoms with Gasteiger partial charge in [0.05, 0.1) is 26.5 Å². The van der Waals surface area contributed by atoms with Crippen molar-refractivity contribution in [3.8, 4) is 5.75 Å². The van der Waals surface area contributed by atoms with E-state index in [1.807, 2.05) is 39.0 Å². The van der Waals surface area contributed by atoms with Gasteiger partial charge in [-0.1, -0.05) is 0 Å². The lowest BCUT2D eigenvalue weighted by molar-refractivity contribution is -0.926. The highest BCUT2D eigenvalue weighted by molar-refractivity contribution is 5.89. The number of nitrogens with one attached hydrogen (secondary N) is 1. The van der Waals surface area contributed by atoms with E-state index in [-0.39, 0.29) is 0 Å². The van der Waals surface area contributed by atoms with E-state index in [2.05, 4.69) is 4.98 Å². The Morgan fingerprint density at radius 1 is 1.27 bits per heavy atom. The number of fused-ring (bicyclic) bond motifs is 3. The average molecular weight is 361 g/mol. The monoisotopic (exact) mass is 361 g/mol. The molecule has 2 unspecified atom stereocenters. The number of esters is 1. The van der Waals surface area contributed by atoms with Gasteiger partial charge in [-0.3, -0.25) is 0 Å². The first kappa shape index (κ1) is 18.3. The number of H-pyrrole nitrogens is 1. The van der Waals surface area contributed by atoms with Crippen LogP contribution < -0.4 is 4.74 Å². The van der Waals surface area contributed by atoms with Gasteiger partial charge in [0.2, 0.25) is 6.04 Å². The van der Waals surface area contributed by atoms with Crippen molar-refractivity contribution < 1.29 is 28.7 Å². The molecule has 2 aromatic rings. The molecule has 7 nitrogen and oxygen atoms in total. The van der Waals surface area contributed by atoms with Crippen molar-refractivity contribution in [1.82, 2.24) is 4.98 Å². The third-order valence-corrected chi connectivity index (χ3v) is 5.54. The normalized spacial score (nSPS) is 22.7. The van der Waals surface area contributed by atoms with Gasteiger partial charge in [-0.2, -0.15) is 4.79 Å². The van der Waals surface area contributed by atoms with Gasteiger partial charge < -0.3 is 19.6 Å². The number of hydrogen-bond acceptors (Lipinski definition) is 4. The first-order valence-electron chi connectivity index (χ1n) is 8.55. The number of carbonyl (C=O) groups is 2. The maximum Gasteiger partial charge on any atom is 0.515 e. The Kier molecular flexibility index (Phi) is 4.23. The Morgan fingerprint density at radius 3 is 2.50 bits per heavy atom. The molecule has 1 aliphatic heterocycles. The summed E-state index contributed by atoms with van der Waals surface area (Å²) in [4.78, 5) is 28.4. The Balaban J connectivity index is 2.31. The molecule has 0 fully saturated rings. The number of rotatable bonds is 2. The van der Waals surface area contributed by atoms with Crippen LogP contribution in [0.4, 0.5) is 4.79 Å². The number of hydrogen-bond donors (Lipinski definition) is 2. The van der Waals surface area contributed by atoms with Crippen molar-refractivity contribution in [2.75, 3.05) is 20.8 Å². The Labute approximate surface area is 152 Å². The summed E-state index contributed by atoms with van der Waals surface area (Å²) in [6.07, 6.45) is -0.491. The van der Waals surface area contributed by atoms with Crippen LogP contribution in [0.3, 0.4) is 0 Å². The number of aromatic amines is 1. The molecule has 2 atom stereocenters. The van der Waals surface area contributed by atoms with Gasteiger partial charge in [0.25, 0.3) is 0 Å². The molecule has 1 aliphatic rings. The number of methoxy groups -OCH3 is 2. The van der Waals surface area contributed by atoms with Gasteiger partial charge in [-0.05, 0) is 44.5 Å². The molecule has 3 rings (SSSR count). The molecule has 2 heterocycles. The van der Waals surface area contributed by atoms with E-state index >= 15 is 0 Å². The smallest absolute Gasteiger partial charge is 0.497 e. The lowest BCUT2D eigenvalue weighted by atomic mass is 9.88. The van der Waals surface area contributed by atoms with Crippen LogP contribution in [-0.4, -0.2) is 52.9 Å². The standard InChI is InChI=1S/C19H24N2O5/c1-19(2,3)21(18(23)24)9-8-12-13-10-11(25-4)6-7-14(13)20-15(12)16(21)17(22)26-5/h6-7,10,16,20H,8-9H2,1-5H3/p+1. The molecular formula is C19H25N2O5+. The molecule has 0 spiro atoms. The molecule has 0 aliphatic carbocycles. The first-order valence-corrected chi connectivity index (χ1v) is 8.55. The summed E-state index contributed by atoms with van der Waals surface area (Å²) in [6.45, 7) is 5.82. The summed E-state index contributed by atoms with van der Waals surface area (Å²) in [5.41, 5.74) is 1.72. The average Bonchev–Trinajstić information content (AvgIpc) is 2.96. The van der Waals surface area contributed by atoms with Crippen molar-refractivity contribution in [3.05, 3.63) is 29.5 Å². The summed E-state index contributed by atoms with van der Waals surface area (Å²) in [7, 11) is 2.89. The summed E-state index contributed by atoms with van der Waals surface area (Å²) >= 11 is 0. The van der Waals surface area contributed by atoms with Gasteiger partial charge in [-0.15, -0.1) is 0 Å². The number of benzene rings is 1. The maximum absolute atomic E-state index is 12.8. The largest absolute Gasteiger partial charge is 0.515 e. The molecule has 0 saturated carbocycles. The van der Waals surface area contributed by atoms with Gasteiger partial charge in [0.1, 0.15) is 11.3 Å². The zero-order valence-electron chi connectivity index (χ0n) is 15.8. The molecule has 0 bridgehead atoms. The van der Waals surface area contributed by atoms with E-state index in [0.717, 1.165) is 16.5 Å². The van der Waals surface area contributed by atoms with E-state index in [0.29, 0.717) is 24.4 Å². The van der Waals surface area contributed by atoms with Crippen molar-refractivity contribution >= 4 is 23.0 Å². The van der Waals surface area contributed by atoms with Crippen LogP contribution >= 0.6 is 0 Å². The number of quaternary nitrogens is 1. The molecule has 1 amide bonds. The highest BCUT2D eigenvalue weighted by Crippen LogP contribution is 2.45. The van der Waals surface area contributed by atoms with Crippen molar-refractivity contribution in [2.24, 2.45) is 0 Å². The number of carbonyl (C=O) groups excluding carboxylic acids is 1. The van der Waals surface area contributed by atoms with Gasteiger partial charge in [-0.25, -0.2) is 9.28 Å². The SMILES string of the molecule is COC(=O)C1c2[nH]c3ccc(OC)cc3c2CC[N+]1(C(=O)O)C(C)(C)C. The summed E-state index contributed by atoms with van der Waals surface area (Å²) < 4.78 is 9.93. The quantitative estimate of drug-likeness (QED) is 0.633. The number of ether oxygens (including phenoxy) is 2. The molecule has 2 N–H and O–H groups in total. The molecule has 7 heteroatoms. The second-order valence-electron chi connectivity index (χ2n) is 7.65. The van der Waals surface area contributed by atoms with Crippen LogP contribution in [0.15, 0.2) is 18.2 Å². The van der Waals surface area contributed by atoms with Crippen molar-refractivity contribution in [2.45, 2.75) is 38.8 Å². The Hall–Kier alpha value is -2.54. The van der Waals surface area contributed by atoms with Crippen LogP contribution in [0.1, 0.15) is 38.1 Å². The fourth-order valence-corrected chi connectivity index (χ4v) is 4.14. The third kappa shape index (κ3) is 2.38. The molecule has 140 valence electrons. The zero-order valence-corrected chi connectivity index (χ0v) is 15.8. The first-order chi connectivity index (χ1) is 12.2. The van der Waals surface area contributed by atoms with Gasteiger partial charge >= 0.3 is 12.1 Å². The van der Waals surface area contributed by atoms with E-state index in [1.54, 1.807) is 7.11 Å². The topological polar surface area (TPSA) is 88.6 Å². The highest BCUT2D eigenvalue weighted by Gasteiger charge is 2.60. The second kappa shape index (κ2) is 6.02. The summed E-state index contributed by atoms with van der Waals surface area (Å²) in [6, 6.07) is 4.67. The summed E-state index contributed by atoms with van der Waals surface area (Å²) in [5, 5.41) is 11.1. The van der Waals surface area contributed by atoms with Crippen molar-refractivity contribution in [3.63, 3.8) is 0 Å². The van der Waals surface area contributed by atoms with Gasteiger partial charge in [0.15, 0.2) is 0 Å². The molecule has 26 heavy (non-hydrogen) atoms. The lowest BCUT2D eigenvalue weighted by Gasteiger charge is -2.49. The predicted octanol–water partition coefficient (Wildman–Crippen LogP) is 3.24. The number of carboxylic acid groups (broad SMARTS) is 1. The number of aromatic nitrogens is 1. The minimum Gasteiger partial charge on any atom is -0.497 e. The van der Waals surface area contributed by atoms with Crippen LogP contribution in [-0.2, 0) is 16.0 Å². The van der Waals surface area contributed by atoms with Gasteiger partial charge in [0, 0.05) is 17.3 Å². The minimum absolute atomic E-state index is 0.301. The maximum atomic E-state index is 12.8. The van der Waals surface area contributed by atoms with E-state index in [9.17, 15) is 14.7 Å². The zero-order chi connectivity index (χ0) is 19.3. The van der Waals surface area contributed by atoms with E-state index in [4.69, 9.17) is 9.47 Å². The minimum atomic E-state index is -1.03. The third-order valence-electron chi connectivity index (χ3n) is 5.54. The fraction of sp³-hybridized carbons (Fsp3) is 0.474. The Morgan fingerprint density at radius 2 is 1.96 bits per heavy atom. The lowest BCUT2D eigenvalue weighted by Crippen LogP contribution is -2.68. The fourth-order valence-electron chi connectivity index (χ4n) is 4.14. The van der Waals surface area contributed by atoms with Crippen LogP contribution in [0.25, 0.3) is 10.9 Å². The molecule has 1 aromatic carbocycles. The molecule has 1 aromatic heterocycles. The second-order valence-corrected chi connectivity index (χ2v) is 7.65. The van der Waals surface area contributed by atoms with E-state index < -0.39 is 28.1 Å². The van der Waals surface area contributed by atoms with E-state index in [1.165, 1.54) is 7.11 Å². The van der Waals surface area contributed by atoms with Crippen LogP contribution in [0.5, 0.6) is 5.75 Å². The van der Waals surface area contributed by atoms with Crippen LogP contribution in [0, 0.1) is 0 Å². The predicted molar refractivity (Wildman–Crippen MR) is 96.2 cm³/mol. The highest BCUT2D eigenvalue weighted by atomic mass is 16.5. The molecule has 0 radical (unpaired) electrons. The van der Waals surface area contributed by atoms with Crippen molar-refractivity contribution in [1.29, 1.82) is 0 Å². The molecule has 0 saturated heterocycles. The number of amides is 1. The van der Waals surface area contributed by atoms with Crippen LogP contribution in [0.2, 0.25) is 0 Å². The Bertz CT molecular complexity index is 880.